The van der Waals surface area contributed by atoms with Gasteiger partial charge in [0.1, 0.15) is 0 Å². The number of aromatic nitrogens is 1. The van der Waals surface area contributed by atoms with Crippen LogP contribution in [0.3, 0.4) is 0 Å². The number of hydrogen-bond donors (Lipinski definition) is 3. The number of primary sulfonamides is 1. The van der Waals surface area contributed by atoms with E-state index < -0.39 is 10.0 Å². The highest BCUT2D eigenvalue weighted by Gasteiger charge is 2.09. The molecule has 0 aliphatic carbocycles. The van der Waals surface area contributed by atoms with Gasteiger partial charge in [-0.25, -0.2) is 18.5 Å². The number of nitrogens with one attached hydrogen (secondary N) is 1. The fourth-order valence-electron chi connectivity index (χ4n) is 1.58. The van der Waals surface area contributed by atoms with Crippen LogP contribution in [0.5, 0.6) is 0 Å². The van der Waals surface area contributed by atoms with Crippen LogP contribution in [-0.2, 0) is 16.4 Å². The van der Waals surface area contributed by atoms with Crippen LogP contribution < -0.4 is 16.2 Å². The maximum Gasteiger partial charge on any atom is 0.238 e. The third-order valence-corrected chi connectivity index (χ3v) is 3.98. The van der Waals surface area contributed by atoms with Crippen molar-refractivity contribution >= 4 is 32.7 Å². The Bertz CT molecular complexity index is 653. The molecule has 0 saturated carbocycles. The van der Waals surface area contributed by atoms with Gasteiger partial charge in [-0.15, -0.1) is 11.3 Å². The molecule has 0 spiro atoms. The molecule has 1 heterocycles. The smallest absolute Gasteiger partial charge is 0.238 e. The fourth-order valence-corrected chi connectivity index (χ4v) is 2.77. The maximum atomic E-state index is 11.3. The Morgan fingerprint density at radius 3 is 2.74 bits per heavy atom. The Kier molecular flexibility index (Phi) is 4.03. The zero-order valence-corrected chi connectivity index (χ0v) is 11.7. The molecule has 0 aliphatic rings. The molecule has 8 heteroatoms. The molecule has 0 aliphatic heterocycles. The molecule has 2 rings (SSSR count). The van der Waals surface area contributed by atoms with Gasteiger partial charge >= 0.3 is 0 Å². The lowest BCUT2D eigenvalue weighted by molar-refractivity contribution is 0.598. The molecule has 0 amide bonds. The normalized spacial score (nSPS) is 11.4. The highest BCUT2D eigenvalue weighted by Crippen LogP contribution is 2.19. The molecule has 1 aromatic heterocycles. The molecule has 0 unspecified atom stereocenters. The van der Waals surface area contributed by atoms with Gasteiger partial charge in [0.2, 0.25) is 10.0 Å². The molecular formula is C11H14N4O2S2. The van der Waals surface area contributed by atoms with Crippen LogP contribution in [0, 0.1) is 0 Å². The van der Waals surface area contributed by atoms with Gasteiger partial charge in [-0.2, -0.15) is 0 Å². The molecule has 19 heavy (non-hydrogen) atoms. The summed E-state index contributed by atoms with van der Waals surface area (Å²) in [6, 6.07) is 4.46. The topological polar surface area (TPSA) is 111 Å². The van der Waals surface area contributed by atoms with Crippen LogP contribution in [0.25, 0.3) is 0 Å². The van der Waals surface area contributed by atoms with E-state index in [4.69, 9.17) is 10.9 Å². The van der Waals surface area contributed by atoms with E-state index in [2.05, 4.69) is 10.3 Å². The molecule has 5 N–H and O–H groups in total. The zero-order chi connectivity index (χ0) is 13.9. The first-order valence-corrected chi connectivity index (χ1v) is 7.98. The fraction of sp³-hybridized carbons (Fsp3) is 0.182. The summed E-state index contributed by atoms with van der Waals surface area (Å²) in [5.41, 5.74) is 9.39. The minimum atomic E-state index is -3.75. The first-order chi connectivity index (χ1) is 8.95. The van der Waals surface area contributed by atoms with Gasteiger partial charge < -0.3 is 11.1 Å². The number of benzene rings is 1. The van der Waals surface area contributed by atoms with Crippen molar-refractivity contribution in [3.8, 4) is 0 Å². The van der Waals surface area contributed by atoms with Crippen LogP contribution in [0.4, 0.5) is 11.4 Å². The van der Waals surface area contributed by atoms with E-state index in [1.54, 1.807) is 11.6 Å². The van der Waals surface area contributed by atoms with Gasteiger partial charge in [0.05, 0.1) is 16.1 Å². The molecule has 1 aromatic carbocycles. The quantitative estimate of drug-likeness (QED) is 0.714. The Hall–Kier alpha value is -1.64. The van der Waals surface area contributed by atoms with Gasteiger partial charge in [0.25, 0.3) is 0 Å². The third kappa shape index (κ3) is 3.91. The lowest BCUT2D eigenvalue weighted by Crippen LogP contribution is -2.13. The van der Waals surface area contributed by atoms with Crippen LogP contribution in [-0.4, -0.2) is 19.9 Å². The summed E-state index contributed by atoms with van der Waals surface area (Å²) < 4.78 is 22.6. The molecule has 0 radical (unpaired) electrons. The average molecular weight is 298 g/mol. The second-order valence-corrected chi connectivity index (χ2v) is 6.27. The number of hydrogen-bond acceptors (Lipinski definition) is 6. The second kappa shape index (κ2) is 5.55. The van der Waals surface area contributed by atoms with Crippen molar-refractivity contribution in [3.05, 3.63) is 34.8 Å². The van der Waals surface area contributed by atoms with E-state index in [1.807, 2.05) is 5.38 Å². The van der Waals surface area contributed by atoms with Crippen molar-refractivity contribution in [1.29, 1.82) is 0 Å². The van der Waals surface area contributed by atoms with Crippen molar-refractivity contribution in [2.24, 2.45) is 5.14 Å². The predicted molar refractivity (Wildman–Crippen MR) is 76.5 cm³/mol. The first-order valence-electron chi connectivity index (χ1n) is 5.49. The van der Waals surface area contributed by atoms with E-state index in [9.17, 15) is 8.42 Å². The van der Waals surface area contributed by atoms with E-state index >= 15 is 0 Å². The van der Waals surface area contributed by atoms with Gasteiger partial charge in [-0.3, -0.25) is 0 Å². The minimum Gasteiger partial charge on any atom is -0.399 e. The van der Waals surface area contributed by atoms with Crippen molar-refractivity contribution in [3.63, 3.8) is 0 Å². The lowest BCUT2D eigenvalue weighted by Gasteiger charge is -2.08. The summed E-state index contributed by atoms with van der Waals surface area (Å²) in [6.45, 7) is 0.636. The number of nitrogens with two attached hydrogens (primary N) is 2. The van der Waals surface area contributed by atoms with E-state index in [1.165, 1.54) is 23.5 Å². The van der Waals surface area contributed by atoms with Crippen molar-refractivity contribution < 1.29 is 8.42 Å². The molecule has 0 bridgehead atoms. The largest absolute Gasteiger partial charge is 0.399 e. The van der Waals surface area contributed by atoms with Crippen molar-refractivity contribution in [1.82, 2.24) is 4.98 Å². The Morgan fingerprint density at radius 2 is 2.11 bits per heavy atom. The van der Waals surface area contributed by atoms with Gasteiger partial charge in [-0.1, -0.05) is 0 Å². The zero-order valence-electron chi connectivity index (χ0n) is 10.0. The summed E-state index contributed by atoms with van der Waals surface area (Å²) in [7, 11) is -3.75. The van der Waals surface area contributed by atoms with Crippen LogP contribution >= 0.6 is 11.3 Å². The van der Waals surface area contributed by atoms with E-state index in [-0.39, 0.29) is 4.90 Å². The number of thiazole rings is 1. The summed E-state index contributed by atoms with van der Waals surface area (Å²) in [4.78, 5) is 4.16. The van der Waals surface area contributed by atoms with Crippen LogP contribution in [0.1, 0.15) is 5.69 Å². The number of nitrogens with zero attached hydrogens (tertiary/aromatic N) is 1. The summed E-state index contributed by atoms with van der Waals surface area (Å²) in [5, 5.41) is 10.2. The standard InChI is InChI=1S/C11H14N4O2S2/c12-8-3-10(5-11(4-8)19(13,16)17)14-2-1-9-6-18-7-15-9/h3-7,14H,1-2,12H2,(H2,13,16,17). The maximum absolute atomic E-state index is 11.3. The molecular weight excluding hydrogens is 284 g/mol. The number of rotatable bonds is 5. The Labute approximate surface area is 115 Å². The monoisotopic (exact) mass is 298 g/mol. The van der Waals surface area contributed by atoms with Gasteiger partial charge in [0.15, 0.2) is 0 Å². The summed E-state index contributed by atoms with van der Waals surface area (Å²) in [6.07, 6.45) is 0.753. The highest BCUT2D eigenvalue weighted by atomic mass is 32.2. The molecule has 6 nitrogen and oxygen atoms in total. The van der Waals surface area contributed by atoms with Gasteiger partial charge in [0, 0.05) is 29.7 Å². The molecule has 102 valence electrons. The molecule has 2 aromatic rings. The molecule has 0 fully saturated rings. The predicted octanol–water partition coefficient (Wildman–Crippen LogP) is 1.03. The summed E-state index contributed by atoms with van der Waals surface area (Å²) in [5.74, 6) is 0. The van der Waals surface area contributed by atoms with Gasteiger partial charge in [-0.05, 0) is 18.2 Å². The molecule has 0 atom stereocenters. The SMILES string of the molecule is Nc1cc(NCCc2cscn2)cc(S(N)(=O)=O)c1. The minimum absolute atomic E-state index is 0.00339. The number of sulfonamides is 1. The first kappa shape index (κ1) is 13.8. The lowest BCUT2D eigenvalue weighted by atomic mass is 10.2. The Balaban J connectivity index is 2.06. The van der Waals surface area contributed by atoms with Crippen molar-refractivity contribution in [2.45, 2.75) is 11.3 Å². The third-order valence-electron chi connectivity index (χ3n) is 2.45. The summed E-state index contributed by atoms with van der Waals surface area (Å²) >= 11 is 1.54. The number of anilines is 2. The number of nitrogen functional groups attached to an aromatic ring is 1. The highest BCUT2D eigenvalue weighted by molar-refractivity contribution is 7.89. The van der Waals surface area contributed by atoms with Crippen molar-refractivity contribution in [2.75, 3.05) is 17.6 Å². The van der Waals surface area contributed by atoms with E-state index in [0.29, 0.717) is 17.9 Å². The van der Waals surface area contributed by atoms with Crippen LogP contribution in [0.2, 0.25) is 0 Å². The second-order valence-electron chi connectivity index (χ2n) is 3.99. The molecule has 0 saturated heterocycles. The van der Waals surface area contributed by atoms with Crippen LogP contribution in [0.15, 0.2) is 34.0 Å². The Morgan fingerprint density at radius 1 is 1.32 bits per heavy atom. The van der Waals surface area contributed by atoms with E-state index in [0.717, 1.165) is 12.1 Å². The average Bonchev–Trinajstić information content (AvgIpc) is 2.80.